The second-order valence-corrected chi connectivity index (χ2v) is 41.0. The third kappa shape index (κ3) is 49.3. The minimum Gasteiger partial charge on any atom is -1.00 e. The molecule has 24 nitrogen and oxygen atoms in total. The van der Waals surface area contributed by atoms with Crippen LogP contribution in [0, 0.1) is 45.6 Å². The molecule has 6 aliphatic heterocycles. The third-order valence-electron chi connectivity index (χ3n) is 16.4. The van der Waals surface area contributed by atoms with E-state index in [-0.39, 0.29) is 424 Å². The Morgan fingerprint density at radius 1 is 0.571 bits per heavy atom. The van der Waals surface area contributed by atoms with Gasteiger partial charge in [0.15, 0.2) is 0 Å². The topological polar surface area (TPSA) is 271 Å². The molecule has 626 valence electrons. The first-order valence-electron chi connectivity index (χ1n) is 34.1. The smallest absolute Gasteiger partial charge is 1.00 e. The number of halogens is 7. The van der Waals surface area contributed by atoms with Crippen LogP contribution >= 0.6 is 100 Å². The van der Waals surface area contributed by atoms with Gasteiger partial charge in [0.1, 0.15) is 17.1 Å². The third-order valence-corrected chi connectivity index (χ3v) is 27.0. The fourth-order valence-corrected chi connectivity index (χ4v) is 19.4. The molecule has 43 heteroatoms. The van der Waals surface area contributed by atoms with Gasteiger partial charge < -0.3 is 161 Å². The van der Waals surface area contributed by atoms with E-state index in [2.05, 4.69) is 57.6 Å². The van der Waals surface area contributed by atoms with Crippen molar-refractivity contribution in [1.29, 1.82) is 0 Å². The van der Waals surface area contributed by atoms with Gasteiger partial charge >= 0.3 is 320 Å². The molecule has 0 saturated carbocycles. The Balaban J connectivity index is -0.000000148. The number of carbonyl (C=O) groups is 1. The fraction of sp³-hybridized carbons (Fsp3) is 0.638. The molecule has 15 atom stereocenters. The Labute approximate surface area is 1010 Å². The zero-order valence-corrected chi connectivity index (χ0v) is 109. The number of methoxy groups -OCH3 is 2. The maximum absolute atomic E-state index is 13.4. The number of carboxylic acids is 1. The first kappa shape index (κ1) is 132. The standard InChI is InChI=1S/C32H37O8PS.C17H33NO5PS.C15H29NO7PS.C3H7I.C2HCl3O2.6Ba.3HI.6H/c1-4-28-30(19-21-36-28)40-41(33,42)38-22-31-29(18-20-37-31)39-32(23-8-6-5-7-9-23,24-10-14-26(34-2)15-11-24)25-12-16-27(35-3)17-13-25;1-6-15-16(8-11-20-15)23-24(19,25-12-9-18(3,4)5)22-13-17-14(2)7-10-21-17;1-16(2,3)6-9-25-24(19,22-11-15-12(18)4-7-21-15)23-13-5-8-20-14(13)10-17;1-2-3-4;3-2(4,5)1(6)7;;;;;;;;;;;;;;;/h5-17,20-21,28-31H,4,18-19,22H2,1-3H3,(H,33,42);10-11,14-17H,6-9,12-13H2,1-5H3;7-8,12-15,17-18H,4-6,9-11H2,1-3H3;2-3H2,1H3;(H,6,7);;;;;;;3*1H;;;;;;/q-2;2*-1;;;6*+2;;;;6*-1/p-3/t28-,29-,30-,31-,41?;14-,15-,16-,17-,24+;12-,13-,14-,15-,24+;;;;;;;;;;;;;;;;;/m111................./s1. The predicted molar refractivity (Wildman–Crippen MR) is 456 cm³/mol. The van der Waals surface area contributed by atoms with E-state index in [1.165, 1.54) is 28.8 Å². The van der Waals surface area contributed by atoms with Crippen molar-refractivity contribution in [3.8, 4) is 11.5 Å². The summed E-state index contributed by atoms with van der Waals surface area (Å²) in [6, 6.07) is 25.8. The van der Waals surface area contributed by atoms with Gasteiger partial charge in [0.25, 0.3) is 3.79 Å². The van der Waals surface area contributed by atoms with Crippen LogP contribution in [-0.4, -0.2) is 511 Å². The van der Waals surface area contributed by atoms with Crippen molar-refractivity contribution in [3.05, 3.63) is 135 Å². The van der Waals surface area contributed by atoms with Crippen LogP contribution in [-0.2, 0) is 91.6 Å². The monoisotopic (exact) mass is 2950 g/mol. The van der Waals surface area contributed by atoms with Crippen molar-refractivity contribution in [2.24, 2.45) is 5.92 Å². The van der Waals surface area contributed by atoms with Gasteiger partial charge in [0.2, 0.25) is 0 Å². The Hall–Kier alpha value is 11.0. The Kier molecular flexibility index (Phi) is 81.0. The molecular formula is C69H113Ba6Cl3I4N2O22P3S3-. The van der Waals surface area contributed by atoms with E-state index in [1.54, 1.807) is 40.6 Å². The maximum Gasteiger partial charge on any atom is 2.00 e. The first-order chi connectivity index (χ1) is 48.7. The van der Waals surface area contributed by atoms with E-state index in [0.29, 0.717) is 56.1 Å². The summed E-state index contributed by atoms with van der Waals surface area (Å²) in [4.78, 5) is 20.5. The molecule has 1 unspecified atom stereocenters. The molecule has 3 aromatic rings. The van der Waals surface area contributed by atoms with Crippen LogP contribution in [0.2, 0.25) is 0 Å². The summed E-state index contributed by atoms with van der Waals surface area (Å²) in [7, 11) is 15.8. The number of aliphatic carboxylic acids is 1. The minimum atomic E-state index is -3.56. The number of hydrogen-bond donors (Lipinski definition) is 4. The number of nitrogens with zero attached hydrogens (tertiary/aromatic N) is 2. The summed E-state index contributed by atoms with van der Waals surface area (Å²) < 4.78 is 113. The van der Waals surface area contributed by atoms with Crippen molar-refractivity contribution >= 4 is 412 Å². The molecule has 0 aliphatic carbocycles. The van der Waals surface area contributed by atoms with Crippen LogP contribution in [0.4, 0.5) is 0 Å². The van der Waals surface area contributed by atoms with Crippen molar-refractivity contribution in [1.82, 2.24) is 0 Å². The van der Waals surface area contributed by atoms with Crippen molar-refractivity contribution < 1.29 is 193 Å². The molecule has 0 aromatic heterocycles. The van der Waals surface area contributed by atoms with Gasteiger partial charge in [-0.25, -0.2) is 53.6 Å². The summed E-state index contributed by atoms with van der Waals surface area (Å²) >= 11 is 24.5. The van der Waals surface area contributed by atoms with Crippen LogP contribution in [0.15, 0.2) is 78.9 Å². The van der Waals surface area contributed by atoms with Gasteiger partial charge in [-0.3, -0.25) is 18.1 Å². The number of carboxylic acid groups (broad SMARTS) is 1. The van der Waals surface area contributed by atoms with E-state index in [0.717, 1.165) is 80.9 Å². The van der Waals surface area contributed by atoms with E-state index >= 15 is 0 Å². The normalized spacial score (nSPS) is 24.6. The van der Waals surface area contributed by atoms with E-state index in [4.69, 9.17) is 121 Å². The van der Waals surface area contributed by atoms with Crippen molar-refractivity contribution in [3.63, 3.8) is 0 Å². The van der Waals surface area contributed by atoms with Crippen LogP contribution in [0.1, 0.15) is 111 Å². The molecular weight excluding hydrogens is 2840 g/mol. The molecule has 6 aliphatic rings. The zero-order valence-electron chi connectivity index (χ0n) is 72.1. The SMILES string of the molecule is CCCI.CC[C@H]1O[CH-]C[C@H]1OP(O)(=S)OC[C@H]1O[CH-]C[C@H]1OC(c1ccccc1)(c1ccc(OC)cc1)c1ccc(OC)cc1.CC[C@H]1O[CH-]C[C@H]1O[P@](=O)(OC[C@H]1O[CH-]C[C@H]1C)SCC[N+](C)(C)C.C[N+](C)(C)CCS[P@@](=O)(OC[C@H]1O[CH-]C[C@H]1O)O[C@@H]1C[CH-]O[C@@H]1CO.O=C(O)C(Cl)(Cl)Cl.[Ba+2].[Ba+2].[Ba+2].[Ba+2].[Ba+2].[Ba+2].[H-].[H-].[H-].[H-].[H-].[H-].[I-].[I-].[I-]. The predicted octanol–water partition coefficient (Wildman–Crippen LogP) is 4.06. The van der Waals surface area contributed by atoms with Gasteiger partial charge in [0.05, 0.1) is 156 Å². The number of benzene rings is 3. The second-order valence-electron chi connectivity index (χ2n) is 26.5. The Morgan fingerprint density at radius 3 is 1.29 bits per heavy atom. The van der Waals surface area contributed by atoms with E-state index in [1.807, 2.05) is 120 Å². The summed E-state index contributed by atoms with van der Waals surface area (Å²) in [5.74, 6) is 1.69. The van der Waals surface area contributed by atoms with Gasteiger partial charge in [-0.05, 0) is 105 Å². The minimum absolute atomic E-state index is 0. The summed E-state index contributed by atoms with van der Waals surface area (Å²) in [5, 5.41) is 27.0. The summed E-state index contributed by atoms with van der Waals surface area (Å²) in [6.07, 6.45) is 2.27. The van der Waals surface area contributed by atoms with Crippen LogP contribution in [0.3, 0.4) is 0 Å². The second kappa shape index (κ2) is 68.9. The average Bonchev–Trinajstić information content (AvgIpc) is 0.953. The molecule has 112 heavy (non-hydrogen) atoms. The molecule has 0 amide bonds. The Morgan fingerprint density at radius 2 is 0.920 bits per heavy atom. The van der Waals surface area contributed by atoms with Crippen molar-refractivity contribution in [2.75, 3.05) is 112 Å². The number of ether oxygens (including phenoxy) is 9. The number of alkyl halides is 4. The molecule has 0 radical (unpaired) electrons. The van der Waals surface area contributed by atoms with Crippen LogP contribution in [0.25, 0.3) is 0 Å². The number of aliphatic hydroxyl groups is 2. The van der Waals surface area contributed by atoms with Gasteiger partial charge in [-0.15, -0.1) is 32.1 Å². The number of aliphatic hydroxyl groups excluding tert-OH is 2. The molecule has 6 saturated heterocycles. The summed E-state index contributed by atoms with van der Waals surface area (Å²) in [6.45, 7) is 9.75. The number of hydrogen-bond acceptors (Lipinski definition) is 23. The molecule has 4 N–H and O–H groups in total. The number of rotatable bonds is 34. The molecule has 0 spiro atoms. The molecule has 6 heterocycles. The first-order valence-corrected chi connectivity index (χ1v) is 45.6. The zero-order chi connectivity index (χ0) is 76.1. The van der Waals surface area contributed by atoms with E-state index in [9.17, 15) is 29.0 Å². The molecule has 3 aromatic carbocycles. The molecule has 9 rings (SSSR count). The van der Waals surface area contributed by atoms with Crippen LogP contribution in [0.5, 0.6) is 11.5 Å². The molecule has 0 bridgehead atoms. The van der Waals surface area contributed by atoms with E-state index < -0.39 is 72.3 Å². The van der Waals surface area contributed by atoms with Crippen molar-refractivity contribution in [2.45, 2.75) is 162 Å². The van der Waals surface area contributed by atoms with Gasteiger partial charge in [-0.1, -0.05) is 140 Å². The maximum atomic E-state index is 13.4. The largest absolute Gasteiger partial charge is 2.00 e. The van der Waals surface area contributed by atoms with Gasteiger partial charge in [-0.2, -0.15) is 6.42 Å². The quantitative estimate of drug-likeness (QED) is 0.0125. The Bertz CT molecular complexity index is 3000. The van der Waals surface area contributed by atoms with Crippen LogP contribution < -0.4 is 81.4 Å². The number of quaternary nitrogens is 2. The molecule has 6 fully saturated rings. The fourth-order valence-electron chi connectivity index (χ4n) is 10.4. The van der Waals surface area contributed by atoms with Gasteiger partial charge in [0, 0.05) is 18.3 Å². The average molecular weight is 2950 g/mol. The summed E-state index contributed by atoms with van der Waals surface area (Å²) in [5.41, 5.74) is 1.73.